The van der Waals surface area contributed by atoms with Crippen LogP contribution >= 0.6 is 11.6 Å². The van der Waals surface area contributed by atoms with E-state index in [0.29, 0.717) is 18.0 Å². The van der Waals surface area contributed by atoms with Crippen molar-refractivity contribution in [2.75, 3.05) is 20.2 Å². The Hall–Kier alpha value is -2.24. The highest BCUT2D eigenvalue weighted by atomic mass is 35.5. The minimum absolute atomic E-state index is 0.138. The molecule has 0 aliphatic heterocycles. The second-order valence-corrected chi connectivity index (χ2v) is 5.74. The van der Waals surface area contributed by atoms with Gasteiger partial charge in [-0.15, -0.1) is 0 Å². The number of carbonyl (C=O) groups is 1. The molecule has 2 rings (SSSR count). The van der Waals surface area contributed by atoms with Gasteiger partial charge < -0.3 is 20.5 Å². The van der Waals surface area contributed by atoms with Gasteiger partial charge in [-0.3, -0.25) is 0 Å². The Morgan fingerprint density at radius 3 is 2.42 bits per heavy atom. The quantitative estimate of drug-likeness (QED) is 0.720. The van der Waals surface area contributed by atoms with Crippen LogP contribution in [-0.4, -0.2) is 31.3 Å². The topological polar surface area (TPSA) is 70.6 Å². The van der Waals surface area contributed by atoms with E-state index >= 15 is 0 Å². The van der Waals surface area contributed by atoms with E-state index in [4.69, 9.17) is 16.3 Å². The van der Waals surface area contributed by atoms with Gasteiger partial charge in [0.1, 0.15) is 5.75 Å². The Kier molecular flexibility index (Phi) is 6.90. The van der Waals surface area contributed by atoms with Gasteiger partial charge in [-0.05, 0) is 41.8 Å². The van der Waals surface area contributed by atoms with Gasteiger partial charge in [0, 0.05) is 18.1 Å². The molecule has 1 unspecified atom stereocenters. The fraction of sp³-hybridized carbons (Fsp3) is 0.278. The Morgan fingerprint density at radius 1 is 1.12 bits per heavy atom. The lowest BCUT2D eigenvalue weighted by molar-refractivity contribution is 0.173. The van der Waals surface area contributed by atoms with Crippen molar-refractivity contribution in [2.24, 2.45) is 0 Å². The molecule has 3 N–H and O–H groups in total. The molecule has 0 aliphatic carbocycles. The molecule has 128 valence electrons. The zero-order chi connectivity index (χ0) is 17.4. The SMILES string of the molecule is COc1ccc(C(O)CNC(=O)NCCc2ccc(Cl)cc2)cc1. The zero-order valence-corrected chi connectivity index (χ0v) is 14.2. The first-order valence-corrected chi connectivity index (χ1v) is 8.04. The molecule has 2 aromatic carbocycles. The summed E-state index contributed by atoms with van der Waals surface area (Å²) < 4.78 is 5.07. The van der Waals surface area contributed by atoms with Gasteiger partial charge in [0.05, 0.1) is 13.2 Å². The van der Waals surface area contributed by atoms with Gasteiger partial charge in [0.15, 0.2) is 0 Å². The van der Waals surface area contributed by atoms with Crippen LogP contribution in [0.1, 0.15) is 17.2 Å². The molecule has 0 spiro atoms. The number of ether oxygens (including phenoxy) is 1. The summed E-state index contributed by atoms with van der Waals surface area (Å²) in [7, 11) is 1.58. The third kappa shape index (κ3) is 5.76. The predicted octanol–water partition coefficient (Wildman–Crippen LogP) is 2.92. The second-order valence-electron chi connectivity index (χ2n) is 5.30. The van der Waals surface area contributed by atoms with Crippen LogP contribution in [0.2, 0.25) is 5.02 Å². The van der Waals surface area contributed by atoms with Gasteiger partial charge in [0.2, 0.25) is 0 Å². The molecule has 2 amide bonds. The van der Waals surface area contributed by atoms with E-state index in [2.05, 4.69) is 10.6 Å². The summed E-state index contributed by atoms with van der Waals surface area (Å²) in [4.78, 5) is 11.7. The molecule has 0 heterocycles. The van der Waals surface area contributed by atoms with Crippen molar-refractivity contribution in [3.63, 3.8) is 0 Å². The molecule has 0 bridgehead atoms. The summed E-state index contributed by atoms with van der Waals surface area (Å²) in [6, 6.07) is 14.3. The van der Waals surface area contributed by atoms with E-state index in [1.807, 2.05) is 24.3 Å². The van der Waals surface area contributed by atoms with Gasteiger partial charge in [-0.2, -0.15) is 0 Å². The maximum Gasteiger partial charge on any atom is 0.314 e. The van der Waals surface area contributed by atoms with E-state index in [1.165, 1.54) is 0 Å². The fourth-order valence-electron chi connectivity index (χ4n) is 2.17. The summed E-state index contributed by atoms with van der Waals surface area (Å²) in [6.45, 7) is 0.644. The van der Waals surface area contributed by atoms with Crippen molar-refractivity contribution in [2.45, 2.75) is 12.5 Å². The van der Waals surface area contributed by atoms with Crippen molar-refractivity contribution >= 4 is 17.6 Å². The molecule has 0 aromatic heterocycles. The largest absolute Gasteiger partial charge is 0.497 e. The van der Waals surface area contributed by atoms with Crippen LogP contribution in [0.4, 0.5) is 4.79 Å². The summed E-state index contributed by atoms with van der Waals surface area (Å²) in [5.74, 6) is 0.721. The van der Waals surface area contributed by atoms with Crippen LogP contribution in [0.25, 0.3) is 0 Å². The molecular formula is C18H21ClN2O3. The number of aliphatic hydroxyl groups is 1. The van der Waals surface area contributed by atoms with Gasteiger partial charge >= 0.3 is 6.03 Å². The van der Waals surface area contributed by atoms with E-state index in [-0.39, 0.29) is 12.6 Å². The van der Waals surface area contributed by atoms with E-state index in [9.17, 15) is 9.90 Å². The highest BCUT2D eigenvalue weighted by Crippen LogP contribution is 2.16. The number of carbonyl (C=O) groups excluding carboxylic acids is 1. The molecule has 2 aromatic rings. The van der Waals surface area contributed by atoms with Crippen molar-refractivity contribution in [1.29, 1.82) is 0 Å². The molecule has 6 heteroatoms. The first-order chi connectivity index (χ1) is 11.6. The molecule has 0 saturated carbocycles. The van der Waals surface area contributed by atoms with E-state index in [0.717, 1.165) is 16.9 Å². The monoisotopic (exact) mass is 348 g/mol. The first kappa shape index (κ1) is 18.1. The third-order valence-corrected chi connectivity index (χ3v) is 3.82. The maximum atomic E-state index is 11.7. The second kappa shape index (κ2) is 9.15. The van der Waals surface area contributed by atoms with Crippen LogP contribution in [0.5, 0.6) is 5.75 Å². The highest BCUT2D eigenvalue weighted by molar-refractivity contribution is 6.30. The fourth-order valence-corrected chi connectivity index (χ4v) is 2.29. The lowest BCUT2D eigenvalue weighted by atomic mass is 10.1. The van der Waals surface area contributed by atoms with Crippen molar-refractivity contribution < 1.29 is 14.6 Å². The highest BCUT2D eigenvalue weighted by Gasteiger charge is 2.09. The van der Waals surface area contributed by atoms with Crippen LogP contribution in [0.3, 0.4) is 0 Å². The minimum Gasteiger partial charge on any atom is -0.497 e. The maximum absolute atomic E-state index is 11.7. The average Bonchev–Trinajstić information content (AvgIpc) is 2.61. The van der Waals surface area contributed by atoms with E-state index in [1.54, 1.807) is 31.4 Å². The third-order valence-electron chi connectivity index (χ3n) is 3.57. The Labute approximate surface area is 146 Å². The number of halogens is 1. The number of amides is 2. The first-order valence-electron chi connectivity index (χ1n) is 7.66. The van der Waals surface area contributed by atoms with Crippen molar-refractivity contribution in [3.05, 3.63) is 64.7 Å². The molecular weight excluding hydrogens is 328 g/mol. The number of urea groups is 1. The number of rotatable bonds is 7. The minimum atomic E-state index is -0.766. The van der Waals surface area contributed by atoms with Crippen LogP contribution < -0.4 is 15.4 Å². The number of aliphatic hydroxyl groups excluding tert-OH is 1. The van der Waals surface area contributed by atoms with Gasteiger partial charge in [-0.1, -0.05) is 35.9 Å². The van der Waals surface area contributed by atoms with Crippen molar-refractivity contribution in [3.8, 4) is 5.75 Å². The summed E-state index contributed by atoms with van der Waals surface area (Å²) >= 11 is 5.82. The molecule has 0 fully saturated rings. The Bertz CT molecular complexity index is 644. The molecule has 0 saturated heterocycles. The number of methoxy groups -OCH3 is 1. The number of hydrogen-bond donors (Lipinski definition) is 3. The number of nitrogens with one attached hydrogen (secondary N) is 2. The Balaban J connectivity index is 1.69. The molecule has 0 aliphatic rings. The predicted molar refractivity (Wildman–Crippen MR) is 94.5 cm³/mol. The van der Waals surface area contributed by atoms with Crippen molar-refractivity contribution in [1.82, 2.24) is 10.6 Å². The summed E-state index contributed by atoms with van der Waals surface area (Å²) in [6.07, 6.45) is -0.0519. The molecule has 24 heavy (non-hydrogen) atoms. The standard InChI is InChI=1S/C18H21ClN2O3/c1-24-16-8-4-14(5-9-16)17(22)12-21-18(23)20-11-10-13-2-6-15(19)7-3-13/h2-9,17,22H,10-12H2,1H3,(H2,20,21,23). The summed E-state index contributed by atoms with van der Waals surface area (Å²) in [5, 5.41) is 16.2. The van der Waals surface area contributed by atoms with Crippen LogP contribution in [0, 0.1) is 0 Å². The van der Waals surface area contributed by atoms with Crippen LogP contribution in [0.15, 0.2) is 48.5 Å². The molecule has 0 radical (unpaired) electrons. The van der Waals surface area contributed by atoms with Crippen LogP contribution in [-0.2, 0) is 6.42 Å². The normalized spacial score (nSPS) is 11.6. The molecule has 5 nitrogen and oxygen atoms in total. The average molecular weight is 349 g/mol. The number of hydrogen-bond acceptors (Lipinski definition) is 3. The lowest BCUT2D eigenvalue weighted by Gasteiger charge is -2.13. The lowest BCUT2D eigenvalue weighted by Crippen LogP contribution is -2.38. The number of benzene rings is 2. The van der Waals surface area contributed by atoms with Gasteiger partial charge in [0.25, 0.3) is 0 Å². The summed E-state index contributed by atoms with van der Waals surface area (Å²) in [5.41, 5.74) is 1.82. The Morgan fingerprint density at radius 2 is 1.79 bits per heavy atom. The van der Waals surface area contributed by atoms with Gasteiger partial charge in [-0.25, -0.2) is 4.79 Å². The smallest absolute Gasteiger partial charge is 0.314 e. The molecule has 1 atom stereocenters. The van der Waals surface area contributed by atoms with E-state index < -0.39 is 6.10 Å². The zero-order valence-electron chi connectivity index (χ0n) is 13.5.